The first kappa shape index (κ1) is 27.1. The van der Waals surface area contributed by atoms with Crippen molar-refractivity contribution in [3.8, 4) is 28.4 Å². The van der Waals surface area contributed by atoms with Gasteiger partial charge in [0.05, 0.1) is 12.8 Å². The zero-order chi connectivity index (χ0) is 27.2. The van der Waals surface area contributed by atoms with Crippen LogP contribution >= 0.6 is 0 Å². The highest BCUT2D eigenvalue weighted by molar-refractivity contribution is 7.87. The van der Waals surface area contributed by atoms with Crippen molar-refractivity contribution in [3.05, 3.63) is 96.2 Å². The van der Waals surface area contributed by atoms with E-state index in [0.29, 0.717) is 6.42 Å². The van der Waals surface area contributed by atoms with E-state index in [1.54, 1.807) is 14.2 Å². The molecule has 2 heterocycles. The van der Waals surface area contributed by atoms with Gasteiger partial charge in [0.2, 0.25) is 0 Å². The normalized spacial score (nSPS) is 16.1. The fourth-order valence-electron chi connectivity index (χ4n) is 5.01. The van der Waals surface area contributed by atoms with Crippen molar-refractivity contribution in [1.29, 1.82) is 0 Å². The number of likely N-dealkylation sites (N-methyl/N-ethyl adjacent to an activating group) is 1. The van der Waals surface area contributed by atoms with Gasteiger partial charge in [-0.2, -0.15) is 12.7 Å². The van der Waals surface area contributed by atoms with Crippen LogP contribution < -0.4 is 9.46 Å². The van der Waals surface area contributed by atoms with Gasteiger partial charge in [-0.1, -0.05) is 60.7 Å². The first-order valence-corrected chi connectivity index (χ1v) is 14.6. The highest BCUT2D eigenvalue weighted by atomic mass is 32.2. The molecule has 0 aliphatic carbocycles. The van der Waals surface area contributed by atoms with Crippen LogP contribution in [-0.2, 0) is 23.2 Å². The number of H-pyrrole nitrogens is 1. The lowest BCUT2D eigenvalue weighted by atomic mass is 10.1. The summed E-state index contributed by atoms with van der Waals surface area (Å²) in [6, 6.07) is 27.9. The maximum absolute atomic E-state index is 13.2. The molecule has 1 atom stereocenters. The largest absolute Gasteiger partial charge is 0.497 e. The summed E-state index contributed by atoms with van der Waals surface area (Å²) in [4.78, 5) is 10.6. The minimum absolute atomic E-state index is 0.0575. The van der Waals surface area contributed by atoms with Gasteiger partial charge in [-0.3, -0.25) is 4.90 Å². The van der Waals surface area contributed by atoms with E-state index in [2.05, 4.69) is 26.7 Å². The van der Waals surface area contributed by atoms with E-state index in [-0.39, 0.29) is 12.6 Å². The van der Waals surface area contributed by atoms with Crippen molar-refractivity contribution in [3.63, 3.8) is 0 Å². The van der Waals surface area contributed by atoms with Crippen LogP contribution in [0.2, 0.25) is 0 Å². The van der Waals surface area contributed by atoms with E-state index in [1.165, 1.54) is 9.87 Å². The molecule has 5 rings (SSSR count). The second kappa shape index (κ2) is 12.1. The standard InChI is InChI=1S/C30H35N5O3S/c1-34(26-18-20-35(22-26)21-23-9-5-3-6-10-23)39(36,37)31-19-17-28-29(24-13-15-27(38-2)16-14-24)33-30(32-28)25-11-7-4-8-12-25/h3-16,26,31H,17-22H2,1-2H3,(H,32,33)/t26-/m1/s1. The number of imidazole rings is 1. The van der Waals surface area contributed by atoms with Crippen LogP contribution in [0.15, 0.2) is 84.9 Å². The van der Waals surface area contributed by atoms with Crippen molar-refractivity contribution in [2.75, 3.05) is 33.8 Å². The number of benzene rings is 3. The molecular weight excluding hydrogens is 510 g/mol. The van der Waals surface area contributed by atoms with Crippen molar-refractivity contribution >= 4 is 10.2 Å². The zero-order valence-corrected chi connectivity index (χ0v) is 23.2. The van der Waals surface area contributed by atoms with Crippen molar-refractivity contribution in [2.45, 2.75) is 25.4 Å². The van der Waals surface area contributed by atoms with E-state index in [1.807, 2.05) is 72.8 Å². The molecule has 1 saturated heterocycles. The Hall–Kier alpha value is -3.50. The van der Waals surface area contributed by atoms with Crippen LogP contribution in [0.25, 0.3) is 22.6 Å². The maximum atomic E-state index is 13.2. The zero-order valence-electron chi connectivity index (χ0n) is 22.4. The first-order chi connectivity index (χ1) is 18.9. The Morgan fingerprint density at radius 1 is 1.00 bits per heavy atom. The van der Waals surface area contributed by atoms with Crippen LogP contribution in [0.5, 0.6) is 5.75 Å². The average molecular weight is 546 g/mol. The number of hydrogen-bond acceptors (Lipinski definition) is 5. The highest BCUT2D eigenvalue weighted by Crippen LogP contribution is 2.28. The summed E-state index contributed by atoms with van der Waals surface area (Å²) in [6.07, 6.45) is 1.28. The Bertz CT molecular complexity index is 1460. The lowest BCUT2D eigenvalue weighted by Gasteiger charge is -2.24. The molecule has 0 spiro atoms. The molecule has 1 fully saturated rings. The molecule has 2 N–H and O–H groups in total. The number of hydrogen-bond donors (Lipinski definition) is 2. The number of methoxy groups -OCH3 is 1. The molecule has 4 aromatic rings. The summed E-state index contributed by atoms with van der Waals surface area (Å²) >= 11 is 0. The van der Waals surface area contributed by atoms with E-state index in [0.717, 1.165) is 60.1 Å². The average Bonchev–Trinajstić information content (AvgIpc) is 3.61. The molecule has 8 nitrogen and oxygen atoms in total. The van der Waals surface area contributed by atoms with Gasteiger partial charge >= 0.3 is 0 Å². The minimum atomic E-state index is -3.64. The predicted octanol–water partition coefficient (Wildman–Crippen LogP) is 4.34. The number of nitrogens with one attached hydrogen (secondary N) is 2. The van der Waals surface area contributed by atoms with E-state index in [9.17, 15) is 8.42 Å². The quantitative estimate of drug-likeness (QED) is 0.293. The van der Waals surface area contributed by atoms with Crippen LogP contribution in [-0.4, -0.2) is 67.4 Å². The van der Waals surface area contributed by atoms with E-state index in [4.69, 9.17) is 9.72 Å². The summed E-state index contributed by atoms with van der Waals surface area (Å²) in [5.74, 6) is 1.52. The number of nitrogens with zero attached hydrogens (tertiary/aromatic N) is 3. The van der Waals surface area contributed by atoms with Crippen molar-refractivity contribution in [1.82, 2.24) is 23.9 Å². The molecule has 9 heteroatoms. The monoisotopic (exact) mass is 545 g/mol. The molecule has 0 saturated carbocycles. The van der Waals surface area contributed by atoms with Crippen molar-refractivity contribution < 1.29 is 13.2 Å². The van der Waals surface area contributed by atoms with Gasteiger partial charge in [0, 0.05) is 62.5 Å². The lowest BCUT2D eigenvalue weighted by Crippen LogP contribution is -2.45. The summed E-state index contributed by atoms with van der Waals surface area (Å²) in [5, 5.41) is 0. The van der Waals surface area contributed by atoms with E-state index < -0.39 is 10.2 Å². The topological polar surface area (TPSA) is 90.6 Å². The Morgan fingerprint density at radius 3 is 2.38 bits per heavy atom. The fourth-order valence-corrected chi connectivity index (χ4v) is 6.14. The minimum Gasteiger partial charge on any atom is -0.497 e. The Balaban J connectivity index is 1.25. The molecule has 0 unspecified atom stereocenters. The molecule has 1 aliphatic heterocycles. The second-order valence-corrected chi connectivity index (χ2v) is 11.7. The number of likely N-dealkylation sites (tertiary alicyclic amines) is 1. The summed E-state index contributed by atoms with van der Waals surface area (Å²) < 4.78 is 36.0. The second-order valence-electron chi connectivity index (χ2n) is 9.84. The van der Waals surface area contributed by atoms with Gasteiger partial charge in [-0.05, 0) is 36.2 Å². The number of rotatable bonds is 11. The predicted molar refractivity (Wildman–Crippen MR) is 155 cm³/mol. The first-order valence-electron chi connectivity index (χ1n) is 13.2. The van der Waals surface area contributed by atoms with Gasteiger partial charge in [-0.15, -0.1) is 0 Å². The third kappa shape index (κ3) is 6.57. The third-order valence-electron chi connectivity index (χ3n) is 7.24. The highest BCUT2D eigenvalue weighted by Gasteiger charge is 2.32. The van der Waals surface area contributed by atoms with Gasteiger partial charge < -0.3 is 9.72 Å². The fraction of sp³-hybridized carbons (Fsp3) is 0.300. The van der Waals surface area contributed by atoms with Gasteiger partial charge in [-0.25, -0.2) is 9.71 Å². The van der Waals surface area contributed by atoms with Gasteiger partial charge in [0.25, 0.3) is 10.2 Å². The Morgan fingerprint density at radius 2 is 1.69 bits per heavy atom. The molecule has 1 aliphatic rings. The summed E-state index contributed by atoms with van der Waals surface area (Å²) in [7, 11) is -0.327. The van der Waals surface area contributed by atoms with E-state index >= 15 is 0 Å². The van der Waals surface area contributed by atoms with Gasteiger partial charge in [0.15, 0.2) is 0 Å². The van der Waals surface area contributed by atoms with Crippen molar-refractivity contribution in [2.24, 2.45) is 0 Å². The van der Waals surface area contributed by atoms with Crippen LogP contribution in [0.4, 0.5) is 0 Å². The molecule has 204 valence electrons. The molecule has 0 radical (unpaired) electrons. The SMILES string of the molecule is COc1ccc(-c2nc(-c3ccccc3)[nH]c2CCNS(=O)(=O)N(C)[C@@H]2CCN(Cc3ccccc3)C2)cc1. The smallest absolute Gasteiger partial charge is 0.279 e. The third-order valence-corrected chi connectivity index (χ3v) is 8.86. The Kier molecular flexibility index (Phi) is 8.42. The Labute approximate surface area is 230 Å². The molecule has 39 heavy (non-hydrogen) atoms. The summed E-state index contributed by atoms with van der Waals surface area (Å²) in [6.45, 7) is 2.68. The molecule has 1 aromatic heterocycles. The molecular formula is C30H35N5O3S. The number of aromatic amines is 1. The summed E-state index contributed by atoms with van der Waals surface area (Å²) in [5.41, 5.74) is 4.83. The number of aromatic nitrogens is 2. The molecule has 3 aromatic carbocycles. The maximum Gasteiger partial charge on any atom is 0.279 e. The molecule has 0 amide bonds. The van der Waals surface area contributed by atoms with Crippen LogP contribution in [0.1, 0.15) is 17.7 Å². The molecule has 0 bridgehead atoms. The lowest BCUT2D eigenvalue weighted by molar-refractivity contribution is 0.297. The van der Waals surface area contributed by atoms with Crippen LogP contribution in [0.3, 0.4) is 0 Å². The number of ether oxygens (including phenoxy) is 1. The van der Waals surface area contributed by atoms with Gasteiger partial charge in [0.1, 0.15) is 11.6 Å². The van der Waals surface area contributed by atoms with Crippen LogP contribution in [0, 0.1) is 0 Å².